The minimum absolute atomic E-state index is 0.0359. The first-order chi connectivity index (χ1) is 7.11. The summed E-state index contributed by atoms with van der Waals surface area (Å²) in [4.78, 5) is 16.5. The van der Waals surface area contributed by atoms with Crippen molar-refractivity contribution in [3.63, 3.8) is 0 Å². The van der Waals surface area contributed by atoms with Crippen LogP contribution in [0.3, 0.4) is 0 Å². The zero-order valence-electron chi connectivity index (χ0n) is 9.19. The van der Waals surface area contributed by atoms with Crippen LogP contribution in [-0.2, 0) is 0 Å². The molecule has 0 aliphatic carbocycles. The van der Waals surface area contributed by atoms with E-state index in [1.807, 2.05) is 37.0 Å². The highest BCUT2D eigenvalue weighted by molar-refractivity contribution is 5.78. The van der Waals surface area contributed by atoms with Gasteiger partial charge in [-0.1, -0.05) is 0 Å². The molecule has 2 aromatic heterocycles. The van der Waals surface area contributed by atoms with Gasteiger partial charge in [-0.25, -0.2) is 0 Å². The predicted molar refractivity (Wildman–Crippen MR) is 61.0 cm³/mol. The molecular weight excluding hydrogens is 190 g/mol. The van der Waals surface area contributed by atoms with Gasteiger partial charge < -0.3 is 9.55 Å². The average molecular weight is 205 g/mol. The van der Waals surface area contributed by atoms with Crippen molar-refractivity contribution in [2.24, 2.45) is 0 Å². The van der Waals surface area contributed by atoms with E-state index >= 15 is 0 Å². The lowest BCUT2D eigenvalue weighted by molar-refractivity contribution is 0.244. The van der Waals surface area contributed by atoms with E-state index in [0.29, 0.717) is 0 Å². The number of H-pyrrole nitrogens is 1. The molecule has 1 atom stereocenters. The van der Waals surface area contributed by atoms with E-state index in [2.05, 4.69) is 16.8 Å². The molecule has 0 amide bonds. The molecule has 80 valence electrons. The van der Waals surface area contributed by atoms with Crippen molar-refractivity contribution in [3.8, 4) is 0 Å². The fourth-order valence-corrected chi connectivity index (χ4v) is 1.68. The first kappa shape index (κ1) is 9.98. The Morgan fingerprint density at radius 3 is 2.80 bits per heavy atom. The zero-order chi connectivity index (χ0) is 11.0. The van der Waals surface area contributed by atoms with Gasteiger partial charge in [-0.05, 0) is 33.2 Å². The van der Waals surface area contributed by atoms with Crippen LogP contribution in [0.4, 0.5) is 0 Å². The lowest BCUT2D eigenvalue weighted by Crippen LogP contribution is -2.24. The van der Waals surface area contributed by atoms with Gasteiger partial charge in [0.2, 0.25) is 0 Å². The van der Waals surface area contributed by atoms with Gasteiger partial charge in [0.1, 0.15) is 5.52 Å². The summed E-state index contributed by atoms with van der Waals surface area (Å²) in [6, 6.07) is 3.88. The van der Waals surface area contributed by atoms with Gasteiger partial charge in [0.05, 0.1) is 6.17 Å². The van der Waals surface area contributed by atoms with Gasteiger partial charge in [-0.3, -0.25) is 9.69 Å². The number of aromatic amines is 1. The lowest BCUT2D eigenvalue weighted by Gasteiger charge is -2.22. The summed E-state index contributed by atoms with van der Waals surface area (Å²) in [5.41, 5.74) is 0.699. The average Bonchev–Trinajstić information content (AvgIpc) is 2.61. The molecule has 2 aromatic rings. The molecule has 0 spiro atoms. The molecule has 15 heavy (non-hydrogen) atoms. The minimum atomic E-state index is -0.0359. The quantitative estimate of drug-likeness (QED) is 0.805. The van der Waals surface area contributed by atoms with Crippen LogP contribution in [0.15, 0.2) is 29.3 Å². The topological polar surface area (TPSA) is 41.0 Å². The van der Waals surface area contributed by atoms with Crippen molar-refractivity contribution in [1.29, 1.82) is 0 Å². The van der Waals surface area contributed by atoms with Crippen LogP contribution >= 0.6 is 0 Å². The highest BCUT2D eigenvalue weighted by atomic mass is 16.1. The third-order valence-corrected chi connectivity index (χ3v) is 2.79. The molecule has 0 bridgehead atoms. The summed E-state index contributed by atoms with van der Waals surface area (Å²) >= 11 is 0. The second-order valence-electron chi connectivity index (χ2n) is 3.93. The fourth-order valence-electron chi connectivity index (χ4n) is 1.68. The van der Waals surface area contributed by atoms with E-state index in [-0.39, 0.29) is 11.7 Å². The smallest absolute Gasteiger partial charge is 0.272 e. The Bertz CT molecular complexity index is 524. The number of hydrogen-bond acceptors (Lipinski definition) is 2. The molecule has 0 saturated heterocycles. The normalized spacial score (nSPS) is 13.6. The molecule has 2 rings (SSSR count). The fraction of sp³-hybridized carbons (Fsp3) is 0.364. The third kappa shape index (κ3) is 1.57. The molecular formula is C11H15N3O. The van der Waals surface area contributed by atoms with Crippen LogP contribution in [0.5, 0.6) is 0 Å². The second kappa shape index (κ2) is 3.55. The van der Waals surface area contributed by atoms with Crippen molar-refractivity contribution in [3.05, 3.63) is 34.9 Å². The Hall–Kier alpha value is -1.55. The molecule has 0 radical (unpaired) electrons. The minimum Gasteiger partial charge on any atom is -0.327 e. The number of rotatable bonds is 2. The molecule has 4 nitrogen and oxygen atoms in total. The monoisotopic (exact) mass is 205 g/mol. The maximum absolute atomic E-state index is 11.7. The summed E-state index contributed by atoms with van der Waals surface area (Å²) < 4.78 is 1.98. The molecule has 0 aliphatic heterocycles. The maximum atomic E-state index is 11.7. The second-order valence-corrected chi connectivity index (χ2v) is 3.93. The van der Waals surface area contributed by atoms with Gasteiger partial charge in [-0.15, -0.1) is 0 Å². The lowest BCUT2D eigenvalue weighted by atomic mass is 10.3. The maximum Gasteiger partial charge on any atom is 0.272 e. The van der Waals surface area contributed by atoms with Crippen molar-refractivity contribution in [2.45, 2.75) is 13.1 Å². The van der Waals surface area contributed by atoms with E-state index in [9.17, 15) is 4.79 Å². The Morgan fingerprint density at radius 2 is 2.13 bits per heavy atom. The van der Waals surface area contributed by atoms with Crippen LogP contribution in [0, 0.1) is 0 Å². The molecule has 0 aliphatic rings. The van der Waals surface area contributed by atoms with Crippen LogP contribution < -0.4 is 5.56 Å². The Morgan fingerprint density at radius 1 is 1.40 bits per heavy atom. The van der Waals surface area contributed by atoms with Crippen LogP contribution in [0.2, 0.25) is 0 Å². The van der Waals surface area contributed by atoms with Gasteiger partial charge in [0.25, 0.3) is 5.56 Å². The van der Waals surface area contributed by atoms with E-state index in [1.54, 1.807) is 6.20 Å². The summed E-state index contributed by atoms with van der Waals surface area (Å²) in [6.45, 7) is 2.06. The predicted octanol–water partition coefficient (Wildman–Crippen LogP) is 1.41. The highest BCUT2D eigenvalue weighted by Crippen LogP contribution is 2.17. The van der Waals surface area contributed by atoms with E-state index < -0.39 is 0 Å². The summed E-state index contributed by atoms with van der Waals surface area (Å²) in [5.74, 6) is 0. The highest BCUT2D eigenvalue weighted by Gasteiger charge is 2.11. The van der Waals surface area contributed by atoms with E-state index in [1.165, 1.54) is 0 Å². The van der Waals surface area contributed by atoms with E-state index in [0.717, 1.165) is 10.9 Å². The Labute approximate surface area is 88.1 Å². The van der Waals surface area contributed by atoms with Gasteiger partial charge in [0, 0.05) is 17.8 Å². The standard InChI is InChI=1S/C11H15N3O/c1-8(13(2)3)14-7-5-9-4-6-12-11(15)10(9)14/h4-8H,1-3H3,(H,12,15). The van der Waals surface area contributed by atoms with Gasteiger partial charge in [-0.2, -0.15) is 0 Å². The number of nitrogens with one attached hydrogen (secondary N) is 1. The largest absolute Gasteiger partial charge is 0.327 e. The molecule has 0 saturated carbocycles. The van der Waals surface area contributed by atoms with Crippen LogP contribution in [-0.4, -0.2) is 28.5 Å². The van der Waals surface area contributed by atoms with Gasteiger partial charge in [0.15, 0.2) is 0 Å². The zero-order valence-corrected chi connectivity index (χ0v) is 9.19. The number of pyridine rings is 1. The van der Waals surface area contributed by atoms with Crippen molar-refractivity contribution < 1.29 is 0 Å². The molecule has 1 unspecified atom stereocenters. The van der Waals surface area contributed by atoms with E-state index in [4.69, 9.17) is 0 Å². The molecule has 4 heteroatoms. The summed E-state index contributed by atoms with van der Waals surface area (Å²) in [5, 5.41) is 0.979. The Balaban J connectivity index is 2.67. The first-order valence-corrected chi connectivity index (χ1v) is 4.96. The number of fused-ring (bicyclic) bond motifs is 1. The van der Waals surface area contributed by atoms with Gasteiger partial charge >= 0.3 is 0 Å². The molecule has 1 N–H and O–H groups in total. The van der Waals surface area contributed by atoms with Crippen molar-refractivity contribution >= 4 is 10.9 Å². The molecule has 0 aromatic carbocycles. The molecule has 0 fully saturated rings. The van der Waals surface area contributed by atoms with Crippen LogP contribution in [0.25, 0.3) is 10.9 Å². The summed E-state index contributed by atoms with van der Waals surface area (Å²) in [7, 11) is 3.99. The van der Waals surface area contributed by atoms with Crippen molar-refractivity contribution in [1.82, 2.24) is 14.5 Å². The Kier molecular flexibility index (Phi) is 2.36. The third-order valence-electron chi connectivity index (χ3n) is 2.79. The number of aromatic nitrogens is 2. The van der Waals surface area contributed by atoms with Crippen LogP contribution in [0.1, 0.15) is 13.1 Å². The summed E-state index contributed by atoms with van der Waals surface area (Å²) in [6.07, 6.45) is 3.80. The first-order valence-electron chi connectivity index (χ1n) is 4.96. The molecule has 2 heterocycles. The number of hydrogen-bond donors (Lipinski definition) is 1. The van der Waals surface area contributed by atoms with Crippen molar-refractivity contribution in [2.75, 3.05) is 14.1 Å². The SMILES string of the molecule is CC(N(C)C)n1ccc2cc[nH]c(=O)c21. The number of nitrogens with zero attached hydrogens (tertiary/aromatic N) is 2.